The van der Waals surface area contributed by atoms with Gasteiger partial charge in [-0.2, -0.15) is 0 Å². The van der Waals surface area contributed by atoms with E-state index in [-0.39, 0.29) is 6.61 Å². The van der Waals surface area contributed by atoms with Crippen molar-refractivity contribution in [1.82, 2.24) is 10.9 Å². The highest BCUT2D eigenvalue weighted by atomic mass is 16.5. The lowest BCUT2D eigenvalue weighted by Gasteiger charge is -2.27. The number of hydrogen-bond donors (Lipinski definition) is 3. The predicted molar refractivity (Wildman–Crippen MR) is 107 cm³/mol. The number of hydrazine groups is 1. The monoisotopic (exact) mass is 396 g/mol. The highest BCUT2D eigenvalue weighted by molar-refractivity contribution is 5.87. The van der Waals surface area contributed by atoms with Crippen molar-refractivity contribution in [3.05, 3.63) is 54.6 Å². The van der Waals surface area contributed by atoms with E-state index in [0.717, 1.165) is 24.0 Å². The molecule has 0 heterocycles. The minimum Gasteiger partial charge on any atom is -0.483 e. The molecule has 152 valence electrons. The third kappa shape index (κ3) is 5.34. The number of aliphatic carboxylic acids is 1. The molecule has 2 atom stereocenters. The molecule has 2 aromatic rings. The fourth-order valence-corrected chi connectivity index (χ4v) is 3.59. The first-order valence-electron chi connectivity index (χ1n) is 9.65. The summed E-state index contributed by atoms with van der Waals surface area (Å²) in [6.07, 6.45) is 2.57. The molecule has 3 rings (SSSR count). The molecular formula is C22H24N2O5. The molecule has 0 saturated heterocycles. The Bertz CT molecular complexity index is 869. The van der Waals surface area contributed by atoms with Crippen LogP contribution in [0.4, 0.5) is 0 Å². The topological polar surface area (TPSA) is 105 Å². The number of ether oxygens (including phenoxy) is 1. The van der Waals surface area contributed by atoms with Gasteiger partial charge in [0.1, 0.15) is 5.75 Å². The van der Waals surface area contributed by atoms with Crippen molar-refractivity contribution in [3.63, 3.8) is 0 Å². The van der Waals surface area contributed by atoms with Crippen molar-refractivity contribution in [3.8, 4) is 16.9 Å². The molecule has 0 spiro atoms. The zero-order valence-electron chi connectivity index (χ0n) is 16.0. The molecule has 2 amide bonds. The maximum Gasteiger partial charge on any atom is 0.307 e. The molecular weight excluding hydrogens is 372 g/mol. The maximum absolute atomic E-state index is 12.3. The van der Waals surface area contributed by atoms with E-state index in [9.17, 15) is 19.5 Å². The molecule has 2 aromatic carbocycles. The Labute approximate surface area is 169 Å². The van der Waals surface area contributed by atoms with E-state index in [0.29, 0.717) is 18.6 Å². The number of carbonyl (C=O) groups excluding carboxylic acids is 2. The van der Waals surface area contributed by atoms with Gasteiger partial charge in [-0.1, -0.05) is 61.4 Å². The summed E-state index contributed by atoms with van der Waals surface area (Å²) in [5.41, 5.74) is 6.47. The number of para-hydroxylation sites is 1. The third-order valence-electron chi connectivity index (χ3n) is 5.08. The van der Waals surface area contributed by atoms with Crippen molar-refractivity contribution in [2.45, 2.75) is 25.7 Å². The number of rotatable bonds is 6. The first kappa shape index (κ1) is 20.4. The molecule has 7 heteroatoms. The number of nitrogens with one attached hydrogen (secondary N) is 2. The fourth-order valence-electron chi connectivity index (χ4n) is 3.59. The van der Waals surface area contributed by atoms with Crippen LogP contribution in [0.3, 0.4) is 0 Å². The molecule has 2 unspecified atom stereocenters. The van der Waals surface area contributed by atoms with Crippen LogP contribution in [-0.2, 0) is 14.4 Å². The average Bonchev–Trinajstić information content (AvgIpc) is 2.76. The Kier molecular flexibility index (Phi) is 6.84. The SMILES string of the molecule is O=C(COc1ccccc1-c1ccccc1)NNC(=O)C1CCCCC1C(=O)O. The average molecular weight is 396 g/mol. The molecule has 1 saturated carbocycles. The number of carboxylic acid groups (broad SMARTS) is 1. The van der Waals surface area contributed by atoms with Gasteiger partial charge < -0.3 is 9.84 Å². The van der Waals surface area contributed by atoms with Crippen LogP contribution in [0, 0.1) is 11.8 Å². The molecule has 0 radical (unpaired) electrons. The van der Waals surface area contributed by atoms with E-state index in [2.05, 4.69) is 10.9 Å². The number of hydrogen-bond acceptors (Lipinski definition) is 4. The van der Waals surface area contributed by atoms with E-state index in [4.69, 9.17) is 4.74 Å². The minimum atomic E-state index is -0.975. The van der Waals surface area contributed by atoms with E-state index >= 15 is 0 Å². The standard InChI is InChI=1S/C22H24N2O5/c25-20(23-24-21(26)17-11-4-5-12-18(17)22(27)28)14-29-19-13-7-6-10-16(19)15-8-2-1-3-9-15/h1-3,6-10,13,17-18H,4-5,11-12,14H2,(H,23,25)(H,24,26)(H,27,28). The molecule has 1 fully saturated rings. The number of carbonyl (C=O) groups is 3. The highest BCUT2D eigenvalue weighted by Gasteiger charge is 2.35. The lowest BCUT2D eigenvalue weighted by atomic mass is 9.79. The van der Waals surface area contributed by atoms with Gasteiger partial charge in [-0.3, -0.25) is 25.2 Å². The summed E-state index contributed by atoms with van der Waals surface area (Å²) in [5, 5.41) is 9.28. The Balaban J connectivity index is 1.53. The first-order chi connectivity index (χ1) is 14.1. The van der Waals surface area contributed by atoms with E-state index in [1.165, 1.54) is 0 Å². The molecule has 29 heavy (non-hydrogen) atoms. The highest BCUT2D eigenvalue weighted by Crippen LogP contribution is 2.31. The van der Waals surface area contributed by atoms with Gasteiger partial charge in [0.15, 0.2) is 6.61 Å². The van der Waals surface area contributed by atoms with Crippen LogP contribution in [-0.4, -0.2) is 29.5 Å². The van der Waals surface area contributed by atoms with Crippen LogP contribution >= 0.6 is 0 Å². The zero-order chi connectivity index (χ0) is 20.6. The van der Waals surface area contributed by atoms with Crippen molar-refractivity contribution in [2.24, 2.45) is 11.8 Å². The van der Waals surface area contributed by atoms with Gasteiger partial charge in [-0.15, -0.1) is 0 Å². The molecule has 7 nitrogen and oxygen atoms in total. The minimum absolute atomic E-state index is 0.281. The van der Waals surface area contributed by atoms with Crippen LogP contribution in [0.25, 0.3) is 11.1 Å². The summed E-state index contributed by atoms with van der Waals surface area (Å²) >= 11 is 0. The quantitative estimate of drug-likeness (QED) is 0.651. The van der Waals surface area contributed by atoms with E-state index in [1.807, 2.05) is 48.5 Å². The van der Waals surface area contributed by atoms with Gasteiger partial charge in [-0.25, -0.2) is 0 Å². The Morgan fingerprint density at radius 2 is 1.55 bits per heavy atom. The Morgan fingerprint density at radius 3 is 2.28 bits per heavy atom. The maximum atomic E-state index is 12.3. The second kappa shape index (κ2) is 9.73. The summed E-state index contributed by atoms with van der Waals surface area (Å²) in [4.78, 5) is 35.7. The number of amides is 2. The van der Waals surface area contributed by atoms with Gasteiger partial charge in [-0.05, 0) is 24.5 Å². The van der Waals surface area contributed by atoms with Crippen LogP contribution in [0.15, 0.2) is 54.6 Å². The second-order valence-electron chi connectivity index (χ2n) is 7.02. The van der Waals surface area contributed by atoms with Crippen LogP contribution < -0.4 is 15.6 Å². The molecule has 0 aliphatic heterocycles. The lowest BCUT2D eigenvalue weighted by molar-refractivity contribution is -0.149. The van der Waals surface area contributed by atoms with Gasteiger partial charge in [0.2, 0.25) is 5.91 Å². The summed E-state index contributed by atoms with van der Waals surface area (Å²) in [6.45, 7) is -0.281. The summed E-state index contributed by atoms with van der Waals surface area (Å²) in [5.74, 6) is -2.77. The number of carboxylic acids is 1. The van der Waals surface area contributed by atoms with Crippen LogP contribution in [0.1, 0.15) is 25.7 Å². The Morgan fingerprint density at radius 1 is 0.897 bits per heavy atom. The van der Waals surface area contributed by atoms with E-state index in [1.54, 1.807) is 6.07 Å². The van der Waals surface area contributed by atoms with Gasteiger partial charge in [0, 0.05) is 5.56 Å². The van der Waals surface area contributed by atoms with E-state index < -0.39 is 29.6 Å². The largest absolute Gasteiger partial charge is 0.483 e. The smallest absolute Gasteiger partial charge is 0.307 e. The normalized spacial score (nSPS) is 18.5. The number of benzene rings is 2. The molecule has 0 bridgehead atoms. The summed E-state index contributed by atoms with van der Waals surface area (Å²) in [7, 11) is 0. The van der Waals surface area contributed by atoms with Crippen LogP contribution in [0.5, 0.6) is 5.75 Å². The second-order valence-corrected chi connectivity index (χ2v) is 7.02. The first-order valence-corrected chi connectivity index (χ1v) is 9.65. The molecule has 1 aliphatic carbocycles. The fraction of sp³-hybridized carbons (Fsp3) is 0.318. The predicted octanol–water partition coefficient (Wildman–Crippen LogP) is 2.77. The van der Waals surface area contributed by atoms with Crippen molar-refractivity contribution in [2.75, 3.05) is 6.61 Å². The molecule has 3 N–H and O–H groups in total. The van der Waals surface area contributed by atoms with Crippen molar-refractivity contribution < 1.29 is 24.2 Å². The Hall–Kier alpha value is -3.35. The lowest BCUT2D eigenvalue weighted by Crippen LogP contribution is -2.49. The summed E-state index contributed by atoms with van der Waals surface area (Å²) < 4.78 is 5.63. The molecule has 0 aromatic heterocycles. The summed E-state index contributed by atoms with van der Waals surface area (Å²) in [6, 6.07) is 17.0. The molecule has 1 aliphatic rings. The zero-order valence-corrected chi connectivity index (χ0v) is 16.0. The van der Waals surface area contributed by atoms with Gasteiger partial charge >= 0.3 is 5.97 Å². The van der Waals surface area contributed by atoms with Crippen molar-refractivity contribution in [1.29, 1.82) is 0 Å². The van der Waals surface area contributed by atoms with Crippen molar-refractivity contribution >= 4 is 17.8 Å². The van der Waals surface area contributed by atoms with Gasteiger partial charge in [0.25, 0.3) is 5.91 Å². The van der Waals surface area contributed by atoms with Gasteiger partial charge in [0.05, 0.1) is 11.8 Å². The third-order valence-corrected chi connectivity index (χ3v) is 5.08. The van der Waals surface area contributed by atoms with Crippen LogP contribution in [0.2, 0.25) is 0 Å².